The molecule has 0 atom stereocenters. The molecule has 0 radical (unpaired) electrons. The first-order chi connectivity index (χ1) is 6.95. The highest BCUT2D eigenvalue weighted by Crippen LogP contribution is 2.40. The summed E-state index contributed by atoms with van der Waals surface area (Å²) < 4.78 is 2.93. The molecule has 0 aliphatic carbocycles. The first-order valence-electron chi connectivity index (χ1n) is 3.67. The summed E-state index contributed by atoms with van der Waals surface area (Å²) in [5.41, 5.74) is 0.741. The monoisotopic (exact) mass is 459 g/mol. The van der Waals surface area contributed by atoms with E-state index in [1.165, 1.54) is 0 Å². The first-order valence-corrected chi connectivity index (χ1v) is 6.76. The van der Waals surface area contributed by atoms with E-state index in [-0.39, 0.29) is 11.8 Å². The summed E-state index contributed by atoms with van der Waals surface area (Å²) in [6.45, 7) is 0. The number of halogens is 4. The quantitative estimate of drug-likeness (QED) is 0.333. The molecule has 0 saturated carbocycles. The molecular weight excluding hydrogens is 462 g/mol. The SMILES string of the molecule is O=C1c2cc(Br)c(Br)c(Br)c2C(=O)N1Br. The molecule has 0 saturated heterocycles. The molecule has 3 nitrogen and oxygen atoms in total. The molecule has 0 fully saturated rings. The molecule has 1 aromatic carbocycles. The van der Waals surface area contributed by atoms with Crippen LogP contribution in [0.15, 0.2) is 19.5 Å². The van der Waals surface area contributed by atoms with Crippen LogP contribution >= 0.6 is 63.9 Å². The maximum atomic E-state index is 11.7. The Morgan fingerprint density at radius 1 is 1.00 bits per heavy atom. The van der Waals surface area contributed by atoms with Crippen molar-refractivity contribution in [3.05, 3.63) is 30.6 Å². The van der Waals surface area contributed by atoms with Crippen molar-refractivity contribution in [1.82, 2.24) is 3.93 Å². The van der Waals surface area contributed by atoms with E-state index in [4.69, 9.17) is 0 Å². The molecule has 15 heavy (non-hydrogen) atoms. The Kier molecular flexibility index (Phi) is 3.09. The predicted octanol–water partition coefficient (Wildman–Crippen LogP) is 3.88. The van der Waals surface area contributed by atoms with Crippen LogP contribution in [0.1, 0.15) is 20.7 Å². The first kappa shape index (κ1) is 11.8. The van der Waals surface area contributed by atoms with Gasteiger partial charge in [0, 0.05) is 13.4 Å². The predicted molar refractivity (Wildman–Crippen MR) is 69.0 cm³/mol. The van der Waals surface area contributed by atoms with Crippen LogP contribution < -0.4 is 0 Å². The number of benzene rings is 1. The maximum absolute atomic E-state index is 11.7. The van der Waals surface area contributed by atoms with Crippen molar-refractivity contribution < 1.29 is 9.59 Å². The van der Waals surface area contributed by atoms with Gasteiger partial charge < -0.3 is 0 Å². The largest absolute Gasteiger partial charge is 0.272 e. The number of rotatable bonds is 0. The van der Waals surface area contributed by atoms with Gasteiger partial charge in [-0.15, -0.1) is 0 Å². The minimum Gasteiger partial charge on any atom is -0.268 e. The zero-order chi connectivity index (χ0) is 11.3. The lowest BCUT2D eigenvalue weighted by Gasteiger charge is -2.03. The van der Waals surface area contributed by atoms with E-state index >= 15 is 0 Å². The lowest BCUT2D eigenvalue weighted by Crippen LogP contribution is -2.17. The normalized spacial score (nSPS) is 14.8. The standard InChI is InChI=1S/C8HBr4NO2/c9-3-1-2-4(6(11)5(3)10)8(15)13(12)7(2)14/h1H. The Bertz CT molecular complexity index is 500. The van der Waals surface area contributed by atoms with Crippen molar-refractivity contribution in [3.63, 3.8) is 0 Å². The lowest BCUT2D eigenvalue weighted by molar-refractivity contribution is 0.0785. The maximum Gasteiger partial charge on any atom is 0.272 e. The third kappa shape index (κ3) is 1.64. The second kappa shape index (κ2) is 3.94. The molecule has 0 bridgehead atoms. The molecule has 78 valence electrons. The van der Waals surface area contributed by atoms with E-state index < -0.39 is 0 Å². The van der Waals surface area contributed by atoms with Gasteiger partial charge >= 0.3 is 0 Å². The Labute approximate surface area is 119 Å². The van der Waals surface area contributed by atoms with Crippen molar-refractivity contribution >= 4 is 75.8 Å². The summed E-state index contributed by atoms with van der Waals surface area (Å²) in [7, 11) is 0. The third-order valence-electron chi connectivity index (χ3n) is 1.96. The van der Waals surface area contributed by atoms with Gasteiger partial charge in [-0.1, -0.05) is 0 Å². The molecule has 0 unspecified atom stereocenters. The number of fused-ring (bicyclic) bond motifs is 1. The fourth-order valence-electron chi connectivity index (χ4n) is 1.27. The van der Waals surface area contributed by atoms with Crippen molar-refractivity contribution in [2.24, 2.45) is 0 Å². The van der Waals surface area contributed by atoms with E-state index in [0.29, 0.717) is 20.1 Å². The van der Waals surface area contributed by atoms with E-state index in [0.717, 1.165) is 8.40 Å². The molecule has 0 spiro atoms. The number of imide groups is 1. The van der Waals surface area contributed by atoms with Crippen LogP contribution in [0.2, 0.25) is 0 Å². The van der Waals surface area contributed by atoms with Crippen LogP contribution in [-0.4, -0.2) is 15.7 Å². The minimum absolute atomic E-state index is 0.357. The number of hydrogen-bond acceptors (Lipinski definition) is 2. The molecule has 7 heteroatoms. The Morgan fingerprint density at radius 3 is 2.20 bits per heavy atom. The van der Waals surface area contributed by atoms with Gasteiger partial charge in [0.25, 0.3) is 11.8 Å². The van der Waals surface area contributed by atoms with Gasteiger partial charge in [-0.05, 0) is 53.9 Å². The van der Waals surface area contributed by atoms with Crippen LogP contribution in [0.4, 0.5) is 0 Å². The van der Waals surface area contributed by atoms with Crippen molar-refractivity contribution in [2.45, 2.75) is 0 Å². The van der Waals surface area contributed by atoms with Gasteiger partial charge in [0.1, 0.15) is 0 Å². The molecule has 1 aliphatic rings. The second-order valence-corrected chi connectivity index (χ2v) is 5.95. The minimum atomic E-state index is -0.366. The van der Waals surface area contributed by atoms with E-state index in [1.807, 2.05) is 0 Å². The van der Waals surface area contributed by atoms with Crippen molar-refractivity contribution in [3.8, 4) is 0 Å². The summed E-state index contributed by atoms with van der Waals surface area (Å²) in [4.78, 5) is 23.3. The lowest BCUT2D eigenvalue weighted by atomic mass is 10.1. The third-order valence-corrected chi connectivity index (χ3v) is 5.91. The second-order valence-electron chi connectivity index (χ2n) is 2.80. The van der Waals surface area contributed by atoms with Gasteiger partial charge in [-0.25, -0.2) is 3.93 Å². The summed E-state index contributed by atoms with van der Waals surface area (Å²) in [5.74, 6) is -0.723. The van der Waals surface area contributed by atoms with E-state index in [1.54, 1.807) is 6.07 Å². The smallest absolute Gasteiger partial charge is 0.268 e. The van der Waals surface area contributed by atoms with Gasteiger partial charge in [0.05, 0.1) is 27.3 Å². The number of carbonyl (C=O) groups excluding carboxylic acids is 2. The van der Waals surface area contributed by atoms with Gasteiger partial charge in [-0.3, -0.25) is 9.59 Å². The highest BCUT2D eigenvalue weighted by atomic mass is 79.9. The van der Waals surface area contributed by atoms with Crippen LogP contribution in [0.25, 0.3) is 0 Å². The van der Waals surface area contributed by atoms with Gasteiger partial charge in [0.2, 0.25) is 0 Å². The number of nitrogens with zero attached hydrogens (tertiary/aromatic N) is 1. The Balaban J connectivity index is 2.81. The van der Waals surface area contributed by atoms with E-state index in [2.05, 4.69) is 63.9 Å². The van der Waals surface area contributed by atoms with Gasteiger partial charge in [-0.2, -0.15) is 0 Å². The highest BCUT2D eigenvalue weighted by Gasteiger charge is 2.37. The Morgan fingerprint density at radius 2 is 1.60 bits per heavy atom. The topological polar surface area (TPSA) is 37.4 Å². The molecule has 2 amide bonds. The summed E-state index contributed by atoms with van der Waals surface area (Å²) >= 11 is 12.8. The molecule has 0 aromatic heterocycles. The summed E-state index contributed by atoms with van der Waals surface area (Å²) in [5, 5.41) is 0. The number of amides is 2. The van der Waals surface area contributed by atoms with E-state index in [9.17, 15) is 9.59 Å². The molecule has 1 aliphatic heterocycles. The van der Waals surface area contributed by atoms with Crippen molar-refractivity contribution in [1.29, 1.82) is 0 Å². The van der Waals surface area contributed by atoms with Crippen LogP contribution in [0, 0.1) is 0 Å². The molecular formula is C8HBr4NO2. The average molecular weight is 463 g/mol. The molecule has 1 heterocycles. The zero-order valence-electron chi connectivity index (χ0n) is 6.85. The van der Waals surface area contributed by atoms with Crippen molar-refractivity contribution in [2.75, 3.05) is 0 Å². The summed E-state index contributed by atoms with van der Waals surface area (Å²) in [6, 6.07) is 1.62. The Hall–Kier alpha value is 0.280. The summed E-state index contributed by atoms with van der Waals surface area (Å²) in [6.07, 6.45) is 0. The number of carbonyl (C=O) groups is 2. The zero-order valence-corrected chi connectivity index (χ0v) is 13.2. The van der Waals surface area contributed by atoms with Crippen LogP contribution in [0.5, 0.6) is 0 Å². The fraction of sp³-hybridized carbons (Fsp3) is 0. The number of hydrogen-bond donors (Lipinski definition) is 0. The average Bonchev–Trinajstić information content (AvgIpc) is 2.40. The fourth-order valence-corrected chi connectivity index (χ4v) is 3.24. The van der Waals surface area contributed by atoms with Crippen LogP contribution in [-0.2, 0) is 0 Å². The molecule has 2 rings (SSSR count). The van der Waals surface area contributed by atoms with Crippen LogP contribution in [0.3, 0.4) is 0 Å². The van der Waals surface area contributed by atoms with Gasteiger partial charge in [0.15, 0.2) is 0 Å². The molecule has 0 N–H and O–H groups in total. The molecule has 1 aromatic rings. The highest BCUT2D eigenvalue weighted by molar-refractivity contribution is 9.14.